The minimum atomic E-state index is -0.696. The number of amides is 2. The van der Waals surface area contributed by atoms with Gasteiger partial charge in [-0.25, -0.2) is 13.5 Å². The summed E-state index contributed by atoms with van der Waals surface area (Å²) in [5.74, 6) is -1.59. The molecule has 0 saturated carbocycles. The summed E-state index contributed by atoms with van der Waals surface area (Å²) >= 11 is 1.25. The van der Waals surface area contributed by atoms with Crippen molar-refractivity contribution in [3.63, 3.8) is 0 Å². The van der Waals surface area contributed by atoms with Crippen molar-refractivity contribution in [2.24, 2.45) is 0 Å². The minimum Gasteiger partial charge on any atom is -0.350 e. The van der Waals surface area contributed by atoms with Gasteiger partial charge in [0.2, 0.25) is 11.8 Å². The quantitative estimate of drug-likeness (QED) is 0.296. The zero-order valence-electron chi connectivity index (χ0n) is 23.4. The smallest absolute Gasteiger partial charge is 0.240 e. The van der Waals surface area contributed by atoms with E-state index in [-0.39, 0.29) is 29.7 Å². The lowest BCUT2D eigenvalue weighted by Gasteiger charge is -2.24. The fourth-order valence-corrected chi connectivity index (χ4v) is 6.11. The van der Waals surface area contributed by atoms with Gasteiger partial charge in [-0.3, -0.25) is 14.5 Å². The number of nitrogens with one attached hydrogen (secondary N) is 1. The van der Waals surface area contributed by atoms with E-state index in [9.17, 15) is 14.0 Å². The second-order valence-corrected chi connectivity index (χ2v) is 12.3. The van der Waals surface area contributed by atoms with E-state index < -0.39 is 22.3 Å². The molecule has 0 saturated heterocycles. The van der Waals surface area contributed by atoms with Crippen LogP contribution < -0.4 is 10.2 Å². The number of halogens is 2. The van der Waals surface area contributed by atoms with Gasteiger partial charge in [0.25, 0.3) is 0 Å². The highest BCUT2D eigenvalue weighted by atomic mass is 32.2. The molecule has 1 aliphatic rings. The maximum Gasteiger partial charge on any atom is 0.240 e. The van der Waals surface area contributed by atoms with Crippen molar-refractivity contribution in [3.8, 4) is 5.69 Å². The predicted octanol–water partition coefficient (Wildman–Crippen LogP) is 6.24. The van der Waals surface area contributed by atoms with Crippen LogP contribution in [-0.4, -0.2) is 33.9 Å². The van der Waals surface area contributed by atoms with Gasteiger partial charge in [0.05, 0.1) is 22.4 Å². The third kappa shape index (κ3) is 6.05. The molecule has 1 atom stereocenters. The van der Waals surface area contributed by atoms with Crippen molar-refractivity contribution < 1.29 is 18.4 Å². The summed E-state index contributed by atoms with van der Waals surface area (Å²) in [5.41, 5.74) is 3.76. The number of hydrogen-bond acceptors (Lipinski definition) is 4. The molecule has 0 spiro atoms. The Balaban J connectivity index is 1.67. The van der Waals surface area contributed by atoms with Gasteiger partial charge in [-0.15, -0.1) is 11.8 Å². The van der Waals surface area contributed by atoms with E-state index in [2.05, 4.69) is 5.32 Å². The van der Waals surface area contributed by atoms with Crippen molar-refractivity contribution in [1.82, 2.24) is 15.1 Å². The van der Waals surface area contributed by atoms with Crippen molar-refractivity contribution >= 4 is 29.4 Å². The summed E-state index contributed by atoms with van der Waals surface area (Å²) in [5, 5.41) is 7.25. The van der Waals surface area contributed by atoms with Gasteiger partial charge in [0.15, 0.2) is 0 Å². The summed E-state index contributed by atoms with van der Waals surface area (Å²) < 4.78 is 30.9. The molecule has 1 N–H and O–H groups in total. The second-order valence-electron chi connectivity index (χ2n) is 11.2. The first-order chi connectivity index (χ1) is 19.5. The number of aryl methyl sites for hydroxylation is 1. The molecule has 1 unspecified atom stereocenters. The summed E-state index contributed by atoms with van der Waals surface area (Å²) in [7, 11) is 0. The number of rotatable bonds is 6. The second kappa shape index (κ2) is 11.5. The highest BCUT2D eigenvalue weighted by molar-refractivity contribution is 8.00. The third-order valence-corrected chi connectivity index (χ3v) is 8.19. The minimum absolute atomic E-state index is 0.000388. The maximum absolute atomic E-state index is 15.3. The Kier molecular flexibility index (Phi) is 8.00. The van der Waals surface area contributed by atoms with E-state index in [4.69, 9.17) is 5.10 Å². The van der Waals surface area contributed by atoms with Crippen LogP contribution in [0.3, 0.4) is 0 Å². The van der Waals surface area contributed by atoms with Gasteiger partial charge in [0.1, 0.15) is 24.0 Å². The third-order valence-electron chi connectivity index (χ3n) is 6.96. The normalized spacial score (nSPS) is 15.4. The molecule has 1 aromatic heterocycles. The van der Waals surface area contributed by atoms with Gasteiger partial charge >= 0.3 is 0 Å². The van der Waals surface area contributed by atoms with Crippen LogP contribution in [0.5, 0.6) is 0 Å². The van der Waals surface area contributed by atoms with Crippen molar-refractivity contribution in [3.05, 3.63) is 112 Å². The zero-order valence-corrected chi connectivity index (χ0v) is 24.3. The molecule has 5 rings (SSSR count). The summed E-state index contributed by atoms with van der Waals surface area (Å²) in [6.45, 7) is 8.06. The van der Waals surface area contributed by atoms with Crippen LogP contribution in [0.2, 0.25) is 0 Å². The average molecular weight is 575 g/mol. The van der Waals surface area contributed by atoms with Gasteiger partial charge < -0.3 is 5.32 Å². The number of carbonyl (C=O) groups is 2. The SMILES string of the molecule is Cc1ccc(-n2nc(C(C)(C)C)c3c2N(CC(=O)NCc2ccccc2)C(=O)CSC3c2ccc(F)cc2F)cc1. The fraction of sp³-hybridized carbons (Fsp3) is 0.281. The van der Waals surface area contributed by atoms with E-state index in [0.29, 0.717) is 29.3 Å². The van der Waals surface area contributed by atoms with E-state index in [1.165, 1.54) is 28.8 Å². The monoisotopic (exact) mass is 574 g/mol. The van der Waals surface area contributed by atoms with Crippen LogP contribution in [0, 0.1) is 18.6 Å². The van der Waals surface area contributed by atoms with Crippen LogP contribution >= 0.6 is 11.8 Å². The number of carbonyl (C=O) groups excluding carboxylic acids is 2. The van der Waals surface area contributed by atoms with Crippen LogP contribution in [-0.2, 0) is 21.5 Å². The lowest BCUT2D eigenvalue weighted by Crippen LogP contribution is -2.42. The topological polar surface area (TPSA) is 67.2 Å². The van der Waals surface area contributed by atoms with Crippen molar-refractivity contribution in [2.45, 2.75) is 44.9 Å². The van der Waals surface area contributed by atoms with E-state index in [1.807, 2.05) is 82.3 Å². The molecule has 0 radical (unpaired) electrons. The molecule has 1 aliphatic heterocycles. The molecule has 41 heavy (non-hydrogen) atoms. The summed E-state index contributed by atoms with van der Waals surface area (Å²) in [6, 6.07) is 20.7. The fourth-order valence-electron chi connectivity index (χ4n) is 4.89. The highest BCUT2D eigenvalue weighted by Gasteiger charge is 2.40. The molecule has 9 heteroatoms. The number of nitrogens with zero attached hydrogens (tertiary/aromatic N) is 3. The molecule has 0 bridgehead atoms. The lowest BCUT2D eigenvalue weighted by atomic mass is 9.87. The van der Waals surface area contributed by atoms with Crippen LogP contribution in [0.4, 0.5) is 14.6 Å². The number of thioether (sulfide) groups is 1. The Hall–Kier alpha value is -3.98. The highest BCUT2D eigenvalue weighted by Crippen LogP contribution is 2.49. The Bertz CT molecular complexity index is 1580. The standard InChI is InChI=1S/C32H32F2N4O2S/c1-20-10-13-23(14-11-20)38-31-28(30(36-38)32(2,3)4)29(24-15-12-22(33)16-25(24)34)41-19-27(40)37(31)18-26(39)35-17-21-8-6-5-7-9-21/h5-16,29H,17-19H2,1-4H3,(H,35,39). The predicted molar refractivity (Wildman–Crippen MR) is 158 cm³/mol. The molecule has 0 fully saturated rings. The Morgan fingerprint density at radius 1 is 1.05 bits per heavy atom. The Morgan fingerprint density at radius 3 is 2.41 bits per heavy atom. The lowest BCUT2D eigenvalue weighted by molar-refractivity contribution is -0.123. The van der Waals surface area contributed by atoms with Gasteiger partial charge in [-0.2, -0.15) is 5.10 Å². The molecule has 212 valence electrons. The Labute approximate surface area is 242 Å². The Morgan fingerprint density at radius 2 is 1.76 bits per heavy atom. The zero-order chi connectivity index (χ0) is 29.3. The van der Waals surface area contributed by atoms with Gasteiger partial charge in [0, 0.05) is 29.2 Å². The first kappa shape index (κ1) is 28.5. The van der Waals surface area contributed by atoms with Crippen LogP contribution in [0.25, 0.3) is 5.69 Å². The van der Waals surface area contributed by atoms with E-state index in [1.54, 1.807) is 4.68 Å². The van der Waals surface area contributed by atoms with Crippen molar-refractivity contribution in [2.75, 3.05) is 17.2 Å². The van der Waals surface area contributed by atoms with Gasteiger partial charge in [-0.1, -0.05) is 74.9 Å². The first-order valence-electron chi connectivity index (χ1n) is 13.4. The molecular formula is C32H32F2N4O2S. The van der Waals surface area contributed by atoms with Crippen LogP contribution in [0.1, 0.15) is 54.0 Å². The van der Waals surface area contributed by atoms with Gasteiger partial charge in [-0.05, 0) is 30.7 Å². The van der Waals surface area contributed by atoms with E-state index in [0.717, 1.165) is 17.2 Å². The number of benzene rings is 3. The number of fused-ring (bicyclic) bond motifs is 1. The molecular weight excluding hydrogens is 542 g/mol. The number of hydrogen-bond donors (Lipinski definition) is 1. The number of anilines is 1. The molecule has 2 heterocycles. The van der Waals surface area contributed by atoms with Crippen LogP contribution in [0.15, 0.2) is 72.8 Å². The molecule has 6 nitrogen and oxygen atoms in total. The van der Waals surface area contributed by atoms with E-state index >= 15 is 4.39 Å². The summed E-state index contributed by atoms with van der Waals surface area (Å²) in [4.78, 5) is 28.4. The molecule has 2 amide bonds. The first-order valence-corrected chi connectivity index (χ1v) is 14.5. The molecule has 4 aromatic rings. The van der Waals surface area contributed by atoms with Crippen molar-refractivity contribution in [1.29, 1.82) is 0 Å². The molecule has 3 aromatic carbocycles. The summed E-state index contributed by atoms with van der Waals surface area (Å²) in [6.07, 6.45) is 0. The molecule has 0 aliphatic carbocycles. The largest absolute Gasteiger partial charge is 0.350 e. The maximum atomic E-state index is 15.3. The average Bonchev–Trinajstić information content (AvgIpc) is 3.27. The number of aromatic nitrogens is 2.